The van der Waals surface area contributed by atoms with Gasteiger partial charge in [-0.2, -0.15) is 16.8 Å². The summed E-state index contributed by atoms with van der Waals surface area (Å²) in [5, 5.41) is -1.42. The predicted molar refractivity (Wildman–Crippen MR) is 170 cm³/mol. The first-order valence-electron chi connectivity index (χ1n) is 15.8. The molecule has 256 valence electrons. The second-order valence-electron chi connectivity index (χ2n) is 11.8. The van der Waals surface area contributed by atoms with Crippen molar-refractivity contribution in [3.63, 3.8) is 0 Å². The van der Waals surface area contributed by atoms with Gasteiger partial charge in [-0.1, -0.05) is 65.2 Å². The van der Waals surface area contributed by atoms with Crippen molar-refractivity contribution < 1.29 is 49.3 Å². The topological polar surface area (TPSA) is 171 Å². The number of hydrogen-bond acceptors (Lipinski definition) is 11. The van der Waals surface area contributed by atoms with Crippen LogP contribution in [-0.4, -0.2) is 61.1 Å². The molecule has 4 amide bonds. The van der Waals surface area contributed by atoms with Crippen LogP contribution in [0.5, 0.6) is 11.5 Å². The fourth-order valence-electron chi connectivity index (χ4n) is 5.15. The number of unbranched alkanes of at least 4 members (excludes halogenated alkanes) is 6. The van der Waals surface area contributed by atoms with E-state index >= 15 is 0 Å². The normalized spacial score (nSPS) is 16.1. The third-order valence-electron chi connectivity index (χ3n) is 8.15. The first-order chi connectivity index (χ1) is 22.2. The molecule has 0 saturated carbocycles. The lowest BCUT2D eigenvalue weighted by Crippen LogP contribution is -2.36. The van der Waals surface area contributed by atoms with Gasteiger partial charge in [0.25, 0.3) is 43.9 Å². The number of hydrogen-bond donors (Lipinski definition) is 0. The van der Waals surface area contributed by atoms with Crippen LogP contribution in [-0.2, 0) is 28.8 Å². The van der Waals surface area contributed by atoms with Gasteiger partial charge in [-0.3, -0.25) is 19.2 Å². The standard InChI is InChI=1S/C32H40N2O11S2/c1-5-7-9-11-13-21(3)46(39,40)44-33-29(35)25-17-15-23(19-27(25)31(33)37)43-24-16-18-26-28(20-24)32(38)34(30(26)36)45-47(41,42)22(4)14-12-10-8-6-2/h15-22H,5-14H2,1-4H3. The van der Waals surface area contributed by atoms with Crippen molar-refractivity contribution in [1.29, 1.82) is 0 Å². The maximum atomic E-state index is 13.0. The summed E-state index contributed by atoms with van der Waals surface area (Å²) in [6, 6.07) is 7.74. The Balaban J connectivity index is 1.44. The Morgan fingerprint density at radius 3 is 1.28 bits per heavy atom. The van der Waals surface area contributed by atoms with E-state index < -0.39 is 54.4 Å². The first kappa shape index (κ1) is 36.2. The minimum Gasteiger partial charge on any atom is -0.457 e. The zero-order chi connectivity index (χ0) is 34.5. The maximum absolute atomic E-state index is 13.0. The molecule has 0 aromatic heterocycles. The van der Waals surface area contributed by atoms with Crippen molar-refractivity contribution >= 4 is 43.9 Å². The van der Waals surface area contributed by atoms with Gasteiger partial charge in [0.05, 0.1) is 32.8 Å². The van der Waals surface area contributed by atoms with Crippen LogP contribution in [0, 0.1) is 0 Å². The highest BCUT2D eigenvalue weighted by atomic mass is 32.2. The monoisotopic (exact) mass is 692 g/mol. The smallest absolute Gasteiger partial charge is 0.291 e. The van der Waals surface area contributed by atoms with Crippen molar-refractivity contribution in [2.24, 2.45) is 0 Å². The number of imide groups is 2. The van der Waals surface area contributed by atoms with Crippen molar-refractivity contribution in [1.82, 2.24) is 10.1 Å². The van der Waals surface area contributed by atoms with E-state index in [2.05, 4.69) is 0 Å². The third-order valence-corrected chi connectivity index (χ3v) is 11.3. The van der Waals surface area contributed by atoms with Gasteiger partial charge in [-0.25, -0.2) is 0 Å². The summed E-state index contributed by atoms with van der Waals surface area (Å²) in [6.07, 6.45) is 7.56. The van der Waals surface area contributed by atoms with E-state index in [-0.39, 0.29) is 43.9 Å². The van der Waals surface area contributed by atoms with Gasteiger partial charge in [-0.05, 0) is 63.1 Å². The molecule has 0 bridgehead atoms. The van der Waals surface area contributed by atoms with Crippen molar-refractivity contribution in [2.45, 2.75) is 102 Å². The molecule has 0 radical (unpaired) electrons. The number of fused-ring (bicyclic) bond motifs is 2. The van der Waals surface area contributed by atoms with Crippen LogP contribution in [0.25, 0.3) is 0 Å². The van der Waals surface area contributed by atoms with Crippen LogP contribution in [0.15, 0.2) is 36.4 Å². The summed E-state index contributed by atoms with van der Waals surface area (Å²) in [5.74, 6) is -3.73. The molecule has 0 aliphatic carbocycles. The summed E-state index contributed by atoms with van der Waals surface area (Å²) in [4.78, 5) is 51.8. The Hall–Kier alpha value is -3.66. The highest BCUT2D eigenvalue weighted by Gasteiger charge is 2.43. The highest BCUT2D eigenvalue weighted by Crippen LogP contribution is 2.34. The van der Waals surface area contributed by atoms with E-state index in [0.29, 0.717) is 25.7 Å². The quantitative estimate of drug-likeness (QED) is 0.134. The molecule has 2 aliphatic rings. The maximum Gasteiger partial charge on any atom is 0.291 e. The van der Waals surface area contributed by atoms with E-state index in [9.17, 15) is 36.0 Å². The number of rotatable bonds is 18. The van der Waals surface area contributed by atoms with Crippen LogP contribution in [0.3, 0.4) is 0 Å². The molecule has 13 nitrogen and oxygen atoms in total. The third kappa shape index (κ3) is 8.08. The van der Waals surface area contributed by atoms with E-state index in [1.807, 2.05) is 13.8 Å². The van der Waals surface area contributed by atoms with E-state index in [0.717, 1.165) is 38.5 Å². The van der Waals surface area contributed by atoms with E-state index in [4.69, 9.17) is 13.3 Å². The van der Waals surface area contributed by atoms with Crippen molar-refractivity contribution in [2.75, 3.05) is 0 Å². The zero-order valence-corrected chi connectivity index (χ0v) is 28.5. The SMILES string of the molecule is CCCCCCC(C)S(=O)(=O)ON1C(=O)c2ccc(Oc3ccc4c(c3)C(=O)N(OS(=O)(=O)C(C)CCCCCC)C4=O)cc2C1=O. The number of benzene rings is 2. The van der Waals surface area contributed by atoms with Gasteiger partial charge >= 0.3 is 0 Å². The lowest BCUT2D eigenvalue weighted by atomic mass is 10.1. The van der Waals surface area contributed by atoms with Gasteiger partial charge in [0, 0.05) is 0 Å². The molecular weight excluding hydrogens is 652 g/mol. The van der Waals surface area contributed by atoms with Gasteiger partial charge in [0.2, 0.25) is 0 Å². The largest absolute Gasteiger partial charge is 0.457 e. The van der Waals surface area contributed by atoms with Crippen molar-refractivity contribution in [3.8, 4) is 11.5 Å². The molecule has 0 saturated heterocycles. The molecule has 47 heavy (non-hydrogen) atoms. The fourth-order valence-corrected chi connectivity index (χ4v) is 7.05. The second kappa shape index (κ2) is 15.0. The number of carbonyl (C=O) groups is 4. The number of hydroxylamine groups is 4. The van der Waals surface area contributed by atoms with Crippen LogP contribution in [0.4, 0.5) is 0 Å². The van der Waals surface area contributed by atoms with Crippen molar-refractivity contribution in [3.05, 3.63) is 58.7 Å². The number of carbonyl (C=O) groups excluding carboxylic acids is 4. The number of nitrogens with zero attached hydrogens (tertiary/aromatic N) is 2. The lowest BCUT2D eigenvalue weighted by molar-refractivity contribution is -0.0114. The Morgan fingerprint density at radius 2 is 0.915 bits per heavy atom. The molecule has 2 aromatic rings. The summed E-state index contributed by atoms with van der Waals surface area (Å²) in [5.41, 5.74) is -0.480. The Morgan fingerprint density at radius 1 is 0.553 bits per heavy atom. The Bertz CT molecular complexity index is 1630. The molecule has 0 N–H and O–H groups in total. The van der Waals surface area contributed by atoms with Crippen LogP contribution >= 0.6 is 0 Å². The van der Waals surface area contributed by atoms with E-state index in [1.165, 1.54) is 50.2 Å². The van der Waals surface area contributed by atoms with Gasteiger partial charge in [0.15, 0.2) is 0 Å². The summed E-state index contributed by atoms with van der Waals surface area (Å²) in [7, 11) is -8.55. The minimum atomic E-state index is -4.27. The van der Waals surface area contributed by atoms with E-state index in [1.54, 1.807) is 0 Å². The van der Waals surface area contributed by atoms with Crippen LogP contribution in [0.2, 0.25) is 0 Å². The molecule has 2 atom stereocenters. The fraction of sp³-hybridized carbons (Fsp3) is 0.500. The molecule has 2 aliphatic heterocycles. The van der Waals surface area contributed by atoms with Crippen LogP contribution < -0.4 is 4.74 Å². The minimum absolute atomic E-state index is 0.0585. The average Bonchev–Trinajstić information content (AvgIpc) is 3.40. The van der Waals surface area contributed by atoms with Crippen LogP contribution in [0.1, 0.15) is 133 Å². The van der Waals surface area contributed by atoms with Gasteiger partial charge in [-0.15, -0.1) is 18.7 Å². The average molecular weight is 693 g/mol. The Labute approximate surface area is 275 Å². The molecule has 2 unspecified atom stereocenters. The Kier molecular flexibility index (Phi) is 11.6. The first-order valence-corrected chi connectivity index (χ1v) is 18.8. The number of ether oxygens (including phenoxy) is 1. The molecule has 4 rings (SSSR count). The molecular formula is C32H40N2O11S2. The molecule has 2 heterocycles. The lowest BCUT2D eigenvalue weighted by Gasteiger charge is -2.17. The zero-order valence-electron chi connectivity index (χ0n) is 26.9. The summed E-state index contributed by atoms with van der Waals surface area (Å²) < 4.78 is 66.8. The molecule has 15 heteroatoms. The molecule has 2 aromatic carbocycles. The number of amides is 4. The van der Waals surface area contributed by atoms with Gasteiger partial charge < -0.3 is 4.74 Å². The van der Waals surface area contributed by atoms with Gasteiger partial charge in [0.1, 0.15) is 11.5 Å². The summed E-state index contributed by atoms with van der Waals surface area (Å²) in [6.45, 7) is 6.99. The highest BCUT2D eigenvalue weighted by molar-refractivity contribution is 7.87. The predicted octanol–water partition coefficient (Wildman–Crippen LogP) is 5.91. The molecule has 0 fully saturated rings. The summed E-state index contributed by atoms with van der Waals surface area (Å²) >= 11 is 0. The second-order valence-corrected chi connectivity index (χ2v) is 15.7. The molecule has 0 spiro atoms.